The van der Waals surface area contributed by atoms with Gasteiger partial charge >= 0.3 is 0 Å². The summed E-state index contributed by atoms with van der Waals surface area (Å²) < 4.78 is 0. The fourth-order valence-electron chi connectivity index (χ4n) is 2.68. The van der Waals surface area contributed by atoms with E-state index in [1.807, 2.05) is 37.3 Å². The molecule has 2 N–H and O–H groups in total. The van der Waals surface area contributed by atoms with Gasteiger partial charge in [-0.2, -0.15) is 0 Å². The molecule has 1 amide bonds. The van der Waals surface area contributed by atoms with Gasteiger partial charge in [0.05, 0.1) is 6.10 Å². The summed E-state index contributed by atoms with van der Waals surface area (Å²) in [7, 11) is 0. The number of carbonyl (C=O) groups is 1. The van der Waals surface area contributed by atoms with Gasteiger partial charge in [0.25, 0.3) is 5.91 Å². The molecular formula is C18H21N3O2. The molecule has 0 aliphatic carbocycles. The van der Waals surface area contributed by atoms with Crippen LogP contribution in [0.5, 0.6) is 0 Å². The highest BCUT2D eigenvalue weighted by molar-refractivity contribution is 6.03. The maximum absolute atomic E-state index is 12.2. The lowest BCUT2D eigenvalue weighted by atomic mass is 10.1. The summed E-state index contributed by atoms with van der Waals surface area (Å²) in [4.78, 5) is 18.6. The van der Waals surface area contributed by atoms with Gasteiger partial charge < -0.3 is 15.3 Å². The molecule has 0 spiro atoms. The lowest BCUT2D eigenvalue weighted by Gasteiger charge is -2.31. The number of hydrogen-bond donors (Lipinski definition) is 2. The Balaban J connectivity index is 1.64. The van der Waals surface area contributed by atoms with E-state index >= 15 is 0 Å². The second-order valence-corrected chi connectivity index (χ2v) is 5.94. The normalized spacial score (nSPS) is 15.5. The number of aromatic nitrogens is 1. The molecule has 1 aromatic carbocycles. The van der Waals surface area contributed by atoms with Crippen molar-refractivity contribution in [2.75, 3.05) is 23.3 Å². The zero-order valence-electron chi connectivity index (χ0n) is 13.2. The zero-order valence-corrected chi connectivity index (χ0v) is 13.2. The van der Waals surface area contributed by atoms with E-state index in [9.17, 15) is 9.90 Å². The van der Waals surface area contributed by atoms with Crippen LogP contribution >= 0.6 is 0 Å². The van der Waals surface area contributed by atoms with Gasteiger partial charge in [0, 0.05) is 30.5 Å². The van der Waals surface area contributed by atoms with Crippen molar-refractivity contribution in [2.24, 2.45) is 0 Å². The average Bonchev–Trinajstić information content (AvgIpc) is 2.58. The predicted molar refractivity (Wildman–Crippen MR) is 90.8 cm³/mol. The van der Waals surface area contributed by atoms with Crippen molar-refractivity contribution in [1.29, 1.82) is 0 Å². The number of piperidine rings is 1. The minimum absolute atomic E-state index is 0.165. The molecule has 23 heavy (non-hydrogen) atoms. The fraction of sp³-hybridized carbons (Fsp3) is 0.333. The van der Waals surface area contributed by atoms with Gasteiger partial charge in [-0.15, -0.1) is 0 Å². The molecule has 0 bridgehead atoms. The van der Waals surface area contributed by atoms with Crippen molar-refractivity contribution >= 4 is 17.4 Å². The van der Waals surface area contributed by atoms with E-state index in [1.165, 1.54) is 0 Å². The second kappa shape index (κ2) is 6.79. The Kier molecular flexibility index (Phi) is 4.57. The van der Waals surface area contributed by atoms with E-state index in [4.69, 9.17) is 0 Å². The lowest BCUT2D eigenvalue weighted by Crippen LogP contribution is -2.35. The number of aliphatic hydroxyl groups is 1. The maximum atomic E-state index is 12.2. The third kappa shape index (κ3) is 3.87. The number of nitrogens with one attached hydrogen (secondary N) is 1. The van der Waals surface area contributed by atoms with Gasteiger partial charge in [-0.05, 0) is 55.7 Å². The summed E-state index contributed by atoms with van der Waals surface area (Å²) in [5.41, 5.74) is 2.74. The number of aliphatic hydroxyl groups excluding tert-OH is 1. The first kappa shape index (κ1) is 15.5. The second-order valence-electron chi connectivity index (χ2n) is 5.94. The molecule has 5 nitrogen and oxygen atoms in total. The standard InChI is InChI=1S/C18H21N3O2/c1-13-2-7-17(19-12-13)20-18(23)14-3-5-15(6-4-14)21-10-8-16(22)9-11-21/h2-7,12,16,22H,8-11H2,1H3,(H,19,20,23). The summed E-state index contributed by atoms with van der Waals surface area (Å²) >= 11 is 0. The first-order valence-electron chi connectivity index (χ1n) is 7.89. The highest BCUT2D eigenvalue weighted by atomic mass is 16.3. The van der Waals surface area contributed by atoms with Crippen LogP contribution in [0.3, 0.4) is 0 Å². The third-order valence-corrected chi connectivity index (χ3v) is 4.11. The number of amides is 1. The van der Waals surface area contributed by atoms with Crippen LogP contribution in [0.25, 0.3) is 0 Å². The Morgan fingerprint density at radius 2 is 1.87 bits per heavy atom. The van der Waals surface area contributed by atoms with Crippen LogP contribution < -0.4 is 10.2 Å². The molecular weight excluding hydrogens is 290 g/mol. The molecule has 2 aromatic rings. The van der Waals surface area contributed by atoms with Gasteiger partial charge in [-0.1, -0.05) is 6.07 Å². The molecule has 0 atom stereocenters. The van der Waals surface area contributed by atoms with E-state index in [1.54, 1.807) is 12.3 Å². The molecule has 1 aliphatic rings. The summed E-state index contributed by atoms with van der Waals surface area (Å²) in [5.74, 6) is 0.386. The number of anilines is 2. The van der Waals surface area contributed by atoms with E-state index < -0.39 is 0 Å². The van der Waals surface area contributed by atoms with E-state index in [0.717, 1.165) is 37.2 Å². The number of hydrogen-bond acceptors (Lipinski definition) is 4. The summed E-state index contributed by atoms with van der Waals surface area (Å²) in [5, 5.41) is 12.4. The number of benzene rings is 1. The minimum atomic E-state index is -0.182. The van der Waals surface area contributed by atoms with Crippen LogP contribution in [0.1, 0.15) is 28.8 Å². The first-order valence-corrected chi connectivity index (χ1v) is 7.89. The van der Waals surface area contributed by atoms with Crippen molar-refractivity contribution in [3.8, 4) is 0 Å². The monoisotopic (exact) mass is 311 g/mol. The Morgan fingerprint density at radius 1 is 1.17 bits per heavy atom. The minimum Gasteiger partial charge on any atom is -0.393 e. The smallest absolute Gasteiger partial charge is 0.256 e. The molecule has 1 fully saturated rings. The van der Waals surface area contributed by atoms with Crippen LogP contribution in [0.4, 0.5) is 11.5 Å². The Morgan fingerprint density at radius 3 is 2.48 bits per heavy atom. The number of carbonyl (C=O) groups excluding carboxylic acids is 1. The number of pyridine rings is 1. The Hall–Kier alpha value is -2.40. The van der Waals surface area contributed by atoms with Gasteiger partial charge in [0.15, 0.2) is 0 Å². The van der Waals surface area contributed by atoms with Crippen molar-refractivity contribution in [1.82, 2.24) is 4.98 Å². The van der Waals surface area contributed by atoms with Crippen LogP contribution in [-0.4, -0.2) is 35.2 Å². The van der Waals surface area contributed by atoms with Gasteiger partial charge in [0.1, 0.15) is 5.82 Å². The molecule has 120 valence electrons. The summed E-state index contributed by atoms with van der Waals surface area (Å²) in [6.45, 7) is 3.65. The van der Waals surface area contributed by atoms with Crippen LogP contribution in [0, 0.1) is 6.92 Å². The topological polar surface area (TPSA) is 65.5 Å². The summed E-state index contributed by atoms with van der Waals surface area (Å²) in [6.07, 6.45) is 3.13. The highest BCUT2D eigenvalue weighted by Gasteiger charge is 2.17. The quantitative estimate of drug-likeness (QED) is 0.914. The van der Waals surface area contributed by atoms with E-state index in [0.29, 0.717) is 11.4 Å². The van der Waals surface area contributed by atoms with Gasteiger partial charge in [-0.3, -0.25) is 4.79 Å². The fourth-order valence-corrected chi connectivity index (χ4v) is 2.68. The maximum Gasteiger partial charge on any atom is 0.256 e. The van der Waals surface area contributed by atoms with Crippen molar-refractivity contribution in [3.63, 3.8) is 0 Å². The Labute approximate surface area is 136 Å². The number of nitrogens with zero attached hydrogens (tertiary/aromatic N) is 2. The SMILES string of the molecule is Cc1ccc(NC(=O)c2ccc(N3CCC(O)CC3)cc2)nc1. The summed E-state index contributed by atoms with van der Waals surface area (Å²) in [6, 6.07) is 11.3. The molecule has 5 heteroatoms. The molecule has 1 aliphatic heterocycles. The van der Waals surface area contributed by atoms with Gasteiger partial charge in [0.2, 0.25) is 0 Å². The molecule has 0 radical (unpaired) electrons. The molecule has 2 heterocycles. The van der Waals surface area contributed by atoms with Gasteiger partial charge in [-0.25, -0.2) is 4.98 Å². The predicted octanol–water partition coefficient (Wildman–Crippen LogP) is 2.60. The third-order valence-electron chi connectivity index (χ3n) is 4.11. The number of rotatable bonds is 3. The van der Waals surface area contributed by atoms with Crippen molar-refractivity contribution in [3.05, 3.63) is 53.7 Å². The van der Waals surface area contributed by atoms with E-state index in [2.05, 4.69) is 15.2 Å². The molecule has 1 saturated heterocycles. The Bertz CT molecular complexity index is 660. The van der Waals surface area contributed by atoms with Crippen LogP contribution in [0.2, 0.25) is 0 Å². The first-order chi connectivity index (χ1) is 11.1. The average molecular weight is 311 g/mol. The molecule has 0 unspecified atom stereocenters. The molecule has 0 saturated carbocycles. The highest BCUT2D eigenvalue weighted by Crippen LogP contribution is 2.20. The number of aryl methyl sites for hydroxylation is 1. The van der Waals surface area contributed by atoms with Crippen LogP contribution in [0.15, 0.2) is 42.6 Å². The van der Waals surface area contributed by atoms with Crippen LogP contribution in [-0.2, 0) is 0 Å². The van der Waals surface area contributed by atoms with Crippen molar-refractivity contribution < 1.29 is 9.90 Å². The zero-order chi connectivity index (χ0) is 16.2. The largest absolute Gasteiger partial charge is 0.393 e. The van der Waals surface area contributed by atoms with E-state index in [-0.39, 0.29) is 12.0 Å². The van der Waals surface area contributed by atoms with Crippen molar-refractivity contribution in [2.45, 2.75) is 25.9 Å². The lowest BCUT2D eigenvalue weighted by molar-refractivity contribution is 0.102. The molecule has 3 rings (SSSR count). The molecule has 1 aromatic heterocycles.